The largest absolute Gasteiger partial charge is 0.497 e. The van der Waals surface area contributed by atoms with Crippen LogP contribution in [0.15, 0.2) is 54.7 Å². The Morgan fingerprint density at radius 2 is 1.71 bits per heavy atom. The van der Waals surface area contributed by atoms with Crippen LogP contribution in [0.1, 0.15) is 34.1 Å². The molecule has 34 heavy (non-hydrogen) atoms. The number of benzene rings is 2. The minimum absolute atomic E-state index is 0.0412. The summed E-state index contributed by atoms with van der Waals surface area (Å²) in [6.45, 7) is 7.74. The fourth-order valence-corrected chi connectivity index (χ4v) is 3.64. The molecule has 0 aliphatic carbocycles. The molecule has 0 radical (unpaired) electrons. The first kappa shape index (κ1) is 25.3. The van der Waals surface area contributed by atoms with Crippen LogP contribution in [0.25, 0.3) is 16.9 Å². The van der Waals surface area contributed by atoms with Gasteiger partial charge in [0.25, 0.3) is 0 Å². The Labute approximate surface area is 205 Å². The van der Waals surface area contributed by atoms with Gasteiger partial charge >= 0.3 is 0 Å². The maximum absolute atomic E-state index is 13.0. The summed E-state index contributed by atoms with van der Waals surface area (Å²) < 4.78 is 7.06. The smallest absolute Gasteiger partial charge is 0.246 e. The standard InChI is InChI=1S/C26H31ClN4O3/c1-17(2)14-25(33)30(18(3)4)16-24(32)29-26-28-23(19-6-8-20(27)9-7-19)15-31(26)21-10-12-22(34-5)13-11-21/h6-13,15,17-18H,14,16H2,1-5H3,(H,28,29,32). The van der Waals surface area contributed by atoms with Crippen LogP contribution in [0.4, 0.5) is 5.95 Å². The average molecular weight is 483 g/mol. The predicted octanol–water partition coefficient (Wildman–Crippen LogP) is 5.42. The lowest BCUT2D eigenvalue weighted by molar-refractivity contribution is -0.137. The highest BCUT2D eigenvalue weighted by Gasteiger charge is 2.22. The van der Waals surface area contributed by atoms with Crippen molar-refractivity contribution in [2.75, 3.05) is 19.0 Å². The van der Waals surface area contributed by atoms with Gasteiger partial charge in [0.2, 0.25) is 17.8 Å². The SMILES string of the molecule is COc1ccc(-n2cc(-c3ccc(Cl)cc3)nc2NC(=O)CN(C(=O)CC(C)C)C(C)C)cc1. The maximum Gasteiger partial charge on any atom is 0.246 e. The van der Waals surface area contributed by atoms with E-state index in [0.29, 0.717) is 23.1 Å². The Kier molecular flexibility index (Phi) is 8.34. The van der Waals surface area contributed by atoms with E-state index >= 15 is 0 Å². The van der Waals surface area contributed by atoms with E-state index in [-0.39, 0.29) is 30.3 Å². The van der Waals surface area contributed by atoms with Gasteiger partial charge in [0.05, 0.1) is 12.8 Å². The molecule has 0 bridgehead atoms. The molecule has 8 heteroatoms. The quantitative estimate of drug-likeness (QED) is 0.441. The molecular formula is C26H31ClN4O3. The number of hydrogen-bond acceptors (Lipinski definition) is 4. The van der Waals surface area contributed by atoms with Crippen molar-refractivity contribution in [3.8, 4) is 22.7 Å². The van der Waals surface area contributed by atoms with Crippen molar-refractivity contribution < 1.29 is 14.3 Å². The fraction of sp³-hybridized carbons (Fsp3) is 0.346. The van der Waals surface area contributed by atoms with Crippen molar-refractivity contribution in [3.63, 3.8) is 0 Å². The Hall–Kier alpha value is -3.32. The van der Waals surface area contributed by atoms with E-state index in [2.05, 4.69) is 10.3 Å². The van der Waals surface area contributed by atoms with Gasteiger partial charge in [0, 0.05) is 34.9 Å². The van der Waals surface area contributed by atoms with Gasteiger partial charge in [-0.15, -0.1) is 0 Å². The molecule has 1 N–H and O–H groups in total. The van der Waals surface area contributed by atoms with E-state index < -0.39 is 0 Å². The van der Waals surface area contributed by atoms with Gasteiger partial charge in [-0.2, -0.15) is 0 Å². The number of nitrogens with zero attached hydrogens (tertiary/aromatic N) is 3. The second kappa shape index (κ2) is 11.2. The molecule has 3 aromatic rings. The van der Waals surface area contributed by atoms with Crippen LogP contribution in [-0.2, 0) is 9.59 Å². The first-order valence-corrected chi connectivity index (χ1v) is 11.6. The van der Waals surface area contributed by atoms with Crippen LogP contribution in [0.3, 0.4) is 0 Å². The number of anilines is 1. The summed E-state index contributed by atoms with van der Waals surface area (Å²) in [5.74, 6) is 0.950. The first-order chi connectivity index (χ1) is 16.2. The first-order valence-electron chi connectivity index (χ1n) is 11.3. The Morgan fingerprint density at radius 1 is 1.06 bits per heavy atom. The lowest BCUT2D eigenvalue weighted by atomic mass is 10.1. The highest BCUT2D eigenvalue weighted by Crippen LogP contribution is 2.26. The molecule has 0 atom stereocenters. The van der Waals surface area contributed by atoms with E-state index in [9.17, 15) is 9.59 Å². The minimum Gasteiger partial charge on any atom is -0.497 e. The number of hydrogen-bond donors (Lipinski definition) is 1. The van der Waals surface area contributed by atoms with E-state index in [1.165, 1.54) is 0 Å². The van der Waals surface area contributed by atoms with E-state index in [1.807, 2.05) is 70.3 Å². The number of carbonyl (C=O) groups excluding carboxylic acids is 2. The number of halogens is 1. The van der Waals surface area contributed by atoms with Gasteiger partial charge in [-0.05, 0) is 56.2 Å². The normalized spacial score (nSPS) is 11.1. The third-order valence-electron chi connectivity index (χ3n) is 5.29. The molecular weight excluding hydrogens is 452 g/mol. The van der Waals surface area contributed by atoms with E-state index in [4.69, 9.17) is 16.3 Å². The van der Waals surface area contributed by atoms with Crippen molar-refractivity contribution in [1.29, 1.82) is 0 Å². The monoisotopic (exact) mass is 482 g/mol. The molecule has 0 saturated heterocycles. The number of methoxy groups -OCH3 is 1. The van der Waals surface area contributed by atoms with Gasteiger partial charge in [0.15, 0.2) is 0 Å². The van der Waals surface area contributed by atoms with E-state index in [0.717, 1.165) is 17.0 Å². The molecule has 0 aliphatic heterocycles. The number of aromatic nitrogens is 2. The lowest BCUT2D eigenvalue weighted by Gasteiger charge is -2.27. The number of imidazole rings is 1. The second-order valence-corrected chi connectivity index (χ2v) is 9.22. The molecule has 0 aliphatic rings. The van der Waals surface area contributed by atoms with Crippen LogP contribution in [0.5, 0.6) is 5.75 Å². The van der Waals surface area contributed by atoms with Crippen molar-refractivity contribution >= 4 is 29.4 Å². The summed E-state index contributed by atoms with van der Waals surface area (Å²) in [4.78, 5) is 31.9. The topological polar surface area (TPSA) is 76.5 Å². The fourth-order valence-electron chi connectivity index (χ4n) is 3.51. The molecule has 2 amide bonds. The van der Waals surface area contributed by atoms with Gasteiger partial charge in [-0.25, -0.2) is 4.98 Å². The summed E-state index contributed by atoms with van der Waals surface area (Å²) in [7, 11) is 1.61. The summed E-state index contributed by atoms with van der Waals surface area (Å²) in [6.07, 6.45) is 2.25. The number of nitrogens with one attached hydrogen (secondary N) is 1. The zero-order valence-corrected chi connectivity index (χ0v) is 21.0. The molecule has 7 nitrogen and oxygen atoms in total. The van der Waals surface area contributed by atoms with Gasteiger partial charge in [0.1, 0.15) is 12.3 Å². The molecule has 0 spiro atoms. The Bertz CT molecular complexity index is 1120. The second-order valence-electron chi connectivity index (χ2n) is 8.79. The molecule has 0 saturated carbocycles. The summed E-state index contributed by atoms with van der Waals surface area (Å²) in [6, 6.07) is 14.7. The molecule has 1 heterocycles. The summed E-state index contributed by atoms with van der Waals surface area (Å²) in [5.41, 5.74) is 2.35. The maximum atomic E-state index is 13.0. The molecule has 180 valence electrons. The highest BCUT2D eigenvalue weighted by atomic mass is 35.5. The number of ether oxygens (including phenoxy) is 1. The zero-order chi connectivity index (χ0) is 24.8. The number of rotatable bonds is 9. The molecule has 0 unspecified atom stereocenters. The van der Waals surface area contributed by atoms with Gasteiger partial charge < -0.3 is 9.64 Å². The van der Waals surface area contributed by atoms with Crippen molar-refractivity contribution in [2.45, 2.75) is 40.2 Å². The van der Waals surface area contributed by atoms with Crippen LogP contribution in [-0.4, -0.2) is 46.0 Å². The lowest BCUT2D eigenvalue weighted by Crippen LogP contribution is -2.43. The third-order valence-corrected chi connectivity index (χ3v) is 5.54. The van der Waals surface area contributed by atoms with Crippen molar-refractivity contribution in [2.24, 2.45) is 5.92 Å². The van der Waals surface area contributed by atoms with Crippen LogP contribution < -0.4 is 10.1 Å². The Balaban J connectivity index is 1.90. The third kappa shape index (κ3) is 6.38. The van der Waals surface area contributed by atoms with Crippen molar-refractivity contribution in [1.82, 2.24) is 14.5 Å². The van der Waals surface area contributed by atoms with E-state index in [1.54, 1.807) is 28.7 Å². The number of carbonyl (C=O) groups is 2. The Morgan fingerprint density at radius 3 is 2.26 bits per heavy atom. The molecule has 3 rings (SSSR count). The van der Waals surface area contributed by atoms with Crippen LogP contribution in [0.2, 0.25) is 5.02 Å². The molecule has 0 fully saturated rings. The molecule has 1 aromatic heterocycles. The van der Waals surface area contributed by atoms with Crippen LogP contribution >= 0.6 is 11.6 Å². The summed E-state index contributed by atoms with van der Waals surface area (Å²) in [5, 5.41) is 3.53. The summed E-state index contributed by atoms with van der Waals surface area (Å²) >= 11 is 6.03. The van der Waals surface area contributed by atoms with Gasteiger partial charge in [-0.1, -0.05) is 37.6 Å². The predicted molar refractivity (Wildman–Crippen MR) is 135 cm³/mol. The molecule has 2 aromatic carbocycles. The minimum atomic E-state index is -0.311. The average Bonchev–Trinajstić information content (AvgIpc) is 3.20. The number of amides is 2. The zero-order valence-electron chi connectivity index (χ0n) is 20.2. The van der Waals surface area contributed by atoms with Gasteiger partial charge in [-0.3, -0.25) is 19.5 Å². The van der Waals surface area contributed by atoms with Crippen LogP contribution in [0, 0.1) is 5.92 Å². The van der Waals surface area contributed by atoms with Crippen molar-refractivity contribution in [3.05, 3.63) is 59.8 Å². The highest BCUT2D eigenvalue weighted by molar-refractivity contribution is 6.30.